The molecule has 94 valence electrons. The maximum absolute atomic E-state index is 3.48. The van der Waals surface area contributed by atoms with Gasteiger partial charge in [0.15, 0.2) is 0 Å². The van der Waals surface area contributed by atoms with Gasteiger partial charge in [0.1, 0.15) is 0 Å². The molecule has 0 aromatic carbocycles. The maximum Gasteiger partial charge on any atom is 0.00671 e. The third kappa shape index (κ3) is 3.21. The van der Waals surface area contributed by atoms with Crippen molar-refractivity contribution in [2.75, 3.05) is 26.2 Å². The minimum Gasteiger partial charge on any atom is -0.317 e. The van der Waals surface area contributed by atoms with E-state index < -0.39 is 0 Å². The standard InChI is InChI=1S/C14H28N2/c1-13-6-4-3-5-11-16(13)12-14(2)7-9-15-10-8-14/h13,15H,3-12H2,1-2H3. The van der Waals surface area contributed by atoms with Crippen LogP contribution in [0.25, 0.3) is 0 Å². The molecule has 2 aliphatic rings. The molecular formula is C14H28N2. The van der Waals surface area contributed by atoms with Crippen LogP contribution in [0.4, 0.5) is 0 Å². The number of likely N-dealkylation sites (tertiary alicyclic amines) is 1. The van der Waals surface area contributed by atoms with E-state index in [2.05, 4.69) is 24.1 Å². The fourth-order valence-corrected chi connectivity index (χ4v) is 3.25. The molecule has 0 aromatic heterocycles. The summed E-state index contributed by atoms with van der Waals surface area (Å²) in [6.07, 6.45) is 8.43. The highest BCUT2D eigenvalue weighted by Gasteiger charge is 2.30. The van der Waals surface area contributed by atoms with Gasteiger partial charge < -0.3 is 10.2 Å². The molecule has 2 rings (SSSR count). The number of hydrogen-bond acceptors (Lipinski definition) is 2. The van der Waals surface area contributed by atoms with Crippen molar-refractivity contribution in [2.24, 2.45) is 5.41 Å². The van der Waals surface area contributed by atoms with E-state index in [4.69, 9.17) is 0 Å². The van der Waals surface area contributed by atoms with Gasteiger partial charge in [0, 0.05) is 12.6 Å². The van der Waals surface area contributed by atoms with E-state index in [1.807, 2.05) is 0 Å². The molecule has 16 heavy (non-hydrogen) atoms. The van der Waals surface area contributed by atoms with Crippen LogP contribution in [0.1, 0.15) is 52.4 Å². The number of nitrogens with one attached hydrogen (secondary N) is 1. The van der Waals surface area contributed by atoms with E-state index in [1.165, 1.54) is 64.7 Å². The largest absolute Gasteiger partial charge is 0.317 e. The highest BCUT2D eigenvalue weighted by Crippen LogP contribution is 2.31. The maximum atomic E-state index is 3.48. The lowest BCUT2D eigenvalue weighted by Gasteiger charge is -2.40. The SMILES string of the molecule is CC1CCCCCN1CC1(C)CCNCC1. The van der Waals surface area contributed by atoms with E-state index in [1.54, 1.807) is 0 Å². The van der Waals surface area contributed by atoms with Crippen molar-refractivity contribution < 1.29 is 0 Å². The first-order valence-electron chi connectivity index (χ1n) is 7.14. The zero-order chi connectivity index (χ0) is 11.4. The Bertz CT molecular complexity index is 209. The Hall–Kier alpha value is -0.0800. The summed E-state index contributed by atoms with van der Waals surface area (Å²) in [4.78, 5) is 2.76. The molecule has 0 spiro atoms. The van der Waals surface area contributed by atoms with Gasteiger partial charge in [-0.3, -0.25) is 0 Å². The van der Waals surface area contributed by atoms with Gasteiger partial charge in [-0.25, -0.2) is 0 Å². The summed E-state index contributed by atoms with van der Waals surface area (Å²) in [7, 11) is 0. The third-order valence-electron chi connectivity index (χ3n) is 4.59. The van der Waals surface area contributed by atoms with Crippen molar-refractivity contribution in [3.63, 3.8) is 0 Å². The minimum absolute atomic E-state index is 0.573. The van der Waals surface area contributed by atoms with E-state index in [-0.39, 0.29) is 0 Å². The zero-order valence-electron chi connectivity index (χ0n) is 11.1. The monoisotopic (exact) mass is 224 g/mol. The van der Waals surface area contributed by atoms with Crippen molar-refractivity contribution in [1.82, 2.24) is 10.2 Å². The van der Waals surface area contributed by atoms with Crippen LogP contribution in [-0.4, -0.2) is 37.1 Å². The second-order valence-corrected chi connectivity index (χ2v) is 6.23. The van der Waals surface area contributed by atoms with Gasteiger partial charge in [-0.05, 0) is 57.7 Å². The van der Waals surface area contributed by atoms with Crippen LogP contribution in [0.15, 0.2) is 0 Å². The highest BCUT2D eigenvalue weighted by molar-refractivity contribution is 4.85. The predicted molar refractivity (Wildman–Crippen MR) is 69.7 cm³/mol. The highest BCUT2D eigenvalue weighted by atomic mass is 15.2. The van der Waals surface area contributed by atoms with Crippen molar-refractivity contribution in [3.8, 4) is 0 Å². The molecule has 0 amide bonds. The smallest absolute Gasteiger partial charge is 0.00671 e. The molecule has 2 fully saturated rings. The van der Waals surface area contributed by atoms with Gasteiger partial charge in [0.05, 0.1) is 0 Å². The number of nitrogens with zero attached hydrogens (tertiary/aromatic N) is 1. The summed E-state index contributed by atoms with van der Waals surface area (Å²) in [5.41, 5.74) is 0.573. The Kier molecular flexibility index (Phi) is 4.26. The van der Waals surface area contributed by atoms with E-state index in [0.29, 0.717) is 5.41 Å². The number of hydrogen-bond donors (Lipinski definition) is 1. The predicted octanol–water partition coefficient (Wildman–Crippen LogP) is 2.64. The van der Waals surface area contributed by atoms with Crippen LogP contribution >= 0.6 is 0 Å². The molecule has 2 saturated heterocycles. The van der Waals surface area contributed by atoms with Gasteiger partial charge in [-0.15, -0.1) is 0 Å². The summed E-state index contributed by atoms with van der Waals surface area (Å²) >= 11 is 0. The van der Waals surface area contributed by atoms with Crippen molar-refractivity contribution in [3.05, 3.63) is 0 Å². The molecule has 2 heteroatoms. The first-order chi connectivity index (χ1) is 7.70. The first kappa shape index (κ1) is 12.4. The van der Waals surface area contributed by atoms with Crippen LogP contribution in [0.3, 0.4) is 0 Å². The van der Waals surface area contributed by atoms with Crippen molar-refractivity contribution in [1.29, 1.82) is 0 Å². The lowest BCUT2D eigenvalue weighted by atomic mass is 9.80. The van der Waals surface area contributed by atoms with Crippen LogP contribution in [-0.2, 0) is 0 Å². The summed E-state index contributed by atoms with van der Waals surface area (Å²) in [6, 6.07) is 0.814. The zero-order valence-corrected chi connectivity index (χ0v) is 11.1. The van der Waals surface area contributed by atoms with Gasteiger partial charge in [-0.2, -0.15) is 0 Å². The molecule has 0 aliphatic carbocycles. The molecule has 1 atom stereocenters. The first-order valence-corrected chi connectivity index (χ1v) is 7.14. The van der Waals surface area contributed by atoms with E-state index in [9.17, 15) is 0 Å². The summed E-state index contributed by atoms with van der Waals surface area (Å²) in [5.74, 6) is 0. The fraction of sp³-hybridized carbons (Fsp3) is 1.00. The fourth-order valence-electron chi connectivity index (χ4n) is 3.25. The lowest BCUT2D eigenvalue weighted by Crippen LogP contribution is -2.45. The van der Waals surface area contributed by atoms with E-state index in [0.717, 1.165) is 6.04 Å². The lowest BCUT2D eigenvalue weighted by molar-refractivity contribution is 0.102. The molecule has 2 heterocycles. The van der Waals surface area contributed by atoms with Gasteiger partial charge >= 0.3 is 0 Å². The molecule has 2 nitrogen and oxygen atoms in total. The molecule has 0 radical (unpaired) electrons. The summed E-state index contributed by atoms with van der Waals surface area (Å²) < 4.78 is 0. The molecule has 1 N–H and O–H groups in total. The summed E-state index contributed by atoms with van der Waals surface area (Å²) in [6.45, 7) is 10.0. The van der Waals surface area contributed by atoms with Crippen LogP contribution < -0.4 is 5.32 Å². The average Bonchev–Trinajstić information content (AvgIpc) is 2.45. The second-order valence-electron chi connectivity index (χ2n) is 6.23. The minimum atomic E-state index is 0.573. The van der Waals surface area contributed by atoms with Crippen LogP contribution in [0.2, 0.25) is 0 Å². The molecule has 0 saturated carbocycles. The molecule has 0 bridgehead atoms. The van der Waals surface area contributed by atoms with Crippen molar-refractivity contribution in [2.45, 2.75) is 58.4 Å². The Morgan fingerprint density at radius 2 is 1.94 bits per heavy atom. The Morgan fingerprint density at radius 1 is 1.19 bits per heavy atom. The topological polar surface area (TPSA) is 15.3 Å². The van der Waals surface area contributed by atoms with Crippen LogP contribution in [0, 0.1) is 5.41 Å². The Balaban J connectivity index is 1.90. The van der Waals surface area contributed by atoms with Gasteiger partial charge in [0.2, 0.25) is 0 Å². The molecule has 0 aromatic rings. The Morgan fingerprint density at radius 3 is 2.69 bits per heavy atom. The van der Waals surface area contributed by atoms with Gasteiger partial charge in [0.25, 0.3) is 0 Å². The molecule has 1 unspecified atom stereocenters. The number of piperidine rings is 1. The van der Waals surface area contributed by atoms with Crippen molar-refractivity contribution >= 4 is 0 Å². The second kappa shape index (κ2) is 5.50. The molecular weight excluding hydrogens is 196 g/mol. The van der Waals surface area contributed by atoms with Gasteiger partial charge in [-0.1, -0.05) is 19.8 Å². The summed E-state index contributed by atoms with van der Waals surface area (Å²) in [5, 5.41) is 3.48. The molecule has 2 aliphatic heterocycles. The number of rotatable bonds is 2. The normalized spacial score (nSPS) is 32.2. The quantitative estimate of drug-likeness (QED) is 0.776. The average molecular weight is 224 g/mol. The Labute approximate surface area is 101 Å². The van der Waals surface area contributed by atoms with E-state index >= 15 is 0 Å². The van der Waals surface area contributed by atoms with Crippen LogP contribution in [0.5, 0.6) is 0 Å². The third-order valence-corrected chi connectivity index (χ3v) is 4.59.